The van der Waals surface area contributed by atoms with Gasteiger partial charge in [0.1, 0.15) is 5.75 Å². The summed E-state index contributed by atoms with van der Waals surface area (Å²) in [5.74, 6) is 1.60. The molecule has 1 aromatic carbocycles. The first-order chi connectivity index (χ1) is 10.2. The van der Waals surface area contributed by atoms with Crippen LogP contribution in [0.15, 0.2) is 28.8 Å². The quantitative estimate of drug-likeness (QED) is 0.941. The molecular weight excluding hydrogens is 268 g/mol. The number of carbonyl (C=O) groups excluding carboxylic acids is 1. The van der Waals surface area contributed by atoms with Gasteiger partial charge in [-0.2, -0.15) is 0 Å². The van der Waals surface area contributed by atoms with E-state index >= 15 is 0 Å². The summed E-state index contributed by atoms with van der Waals surface area (Å²) in [5.41, 5.74) is 2.57. The van der Waals surface area contributed by atoms with E-state index in [9.17, 15) is 4.79 Å². The second-order valence-electron chi connectivity index (χ2n) is 5.47. The van der Waals surface area contributed by atoms with Crippen molar-refractivity contribution < 1.29 is 14.1 Å². The third-order valence-corrected chi connectivity index (χ3v) is 3.88. The van der Waals surface area contributed by atoms with Crippen molar-refractivity contribution in [2.45, 2.75) is 26.2 Å². The molecule has 3 rings (SSSR count). The number of anilines is 1. The minimum atomic E-state index is -0.199. The van der Waals surface area contributed by atoms with E-state index < -0.39 is 0 Å². The highest BCUT2D eigenvalue weighted by Gasteiger charge is 2.24. The zero-order valence-electron chi connectivity index (χ0n) is 12.2. The lowest BCUT2D eigenvalue weighted by molar-refractivity contribution is 0.102. The van der Waals surface area contributed by atoms with Crippen molar-refractivity contribution >= 4 is 11.8 Å². The maximum atomic E-state index is 12.2. The van der Waals surface area contributed by atoms with Gasteiger partial charge < -0.3 is 9.26 Å². The highest BCUT2D eigenvalue weighted by molar-refractivity contribution is 6.03. The zero-order chi connectivity index (χ0) is 14.8. The van der Waals surface area contributed by atoms with Crippen LogP contribution in [0.4, 0.5) is 5.88 Å². The van der Waals surface area contributed by atoms with Gasteiger partial charge in [0.2, 0.25) is 5.88 Å². The van der Waals surface area contributed by atoms with Gasteiger partial charge in [-0.25, -0.2) is 0 Å². The third-order valence-electron chi connectivity index (χ3n) is 3.88. The van der Waals surface area contributed by atoms with Crippen LogP contribution in [0.5, 0.6) is 5.75 Å². The Kier molecular flexibility index (Phi) is 3.64. The van der Waals surface area contributed by atoms with Gasteiger partial charge in [0.05, 0.1) is 12.8 Å². The smallest absolute Gasteiger partial charge is 0.258 e. The SMILES string of the molecule is COc1ccc(C(=O)Nc2onc3c2C[C@H](C)CC3)cc1. The van der Waals surface area contributed by atoms with Crippen LogP contribution in [0.2, 0.25) is 0 Å². The Balaban J connectivity index is 1.77. The molecule has 5 heteroatoms. The molecule has 1 aromatic heterocycles. The largest absolute Gasteiger partial charge is 0.497 e. The van der Waals surface area contributed by atoms with Gasteiger partial charge in [0.15, 0.2) is 0 Å². The number of nitrogens with one attached hydrogen (secondary N) is 1. The molecule has 1 aliphatic carbocycles. The molecule has 1 aliphatic rings. The second kappa shape index (κ2) is 5.60. The number of ether oxygens (including phenoxy) is 1. The van der Waals surface area contributed by atoms with Gasteiger partial charge in [-0.15, -0.1) is 0 Å². The van der Waals surface area contributed by atoms with Crippen molar-refractivity contribution in [3.05, 3.63) is 41.1 Å². The van der Waals surface area contributed by atoms with Crippen LogP contribution in [-0.2, 0) is 12.8 Å². The molecule has 0 saturated heterocycles. The molecule has 0 saturated carbocycles. The average molecular weight is 286 g/mol. The fraction of sp³-hybridized carbons (Fsp3) is 0.375. The van der Waals surface area contributed by atoms with Gasteiger partial charge >= 0.3 is 0 Å². The lowest BCUT2D eigenvalue weighted by atomic mass is 9.89. The molecular formula is C16H18N2O3. The Morgan fingerprint density at radius 2 is 2.14 bits per heavy atom. The highest BCUT2D eigenvalue weighted by Crippen LogP contribution is 2.30. The molecule has 0 radical (unpaired) electrons. The lowest BCUT2D eigenvalue weighted by Gasteiger charge is -2.16. The monoisotopic (exact) mass is 286 g/mol. The predicted octanol–water partition coefficient (Wildman–Crippen LogP) is 3.06. The summed E-state index contributed by atoms with van der Waals surface area (Å²) >= 11 is 0. The fourth-order valence-corrected chi connectivity index (χ4v) is 2.60. The number of aromatic nitrogens is 1. The van der Waals surface area contributed by atoms with E-state index in [2.05, 4.69) is 17.4 Å². The standard InChI is InChI=1S/C16H18N2O3/c1-10-3-8-14-13(9-10)16(21-18-14)17-15(19)11-4-6-12(20-2)7-5-11/h4-7,10H,3,8-9H2,1-2H3,(H,17,19)/t10-/m1/s1. The van der Waals surface area contributed by atoms with E-state index in [0.29, 0.717) is 17.4 Å². The van der Waals surface area contributed by atoms with Crippen LogP contribution in [0.1, 0.15) is 35.0 Å². The van der Waals surface area contributed by atoms with Crippen molar-refractivity contribution in [3.8, 4) is 5.75 Å². The van der Waals surface area contributed by atoms with Crippen molar-refractivity contribution in [1.82, 2.24) is 5.16 Å². The predicted molar refractivity (Wildman–Crippen MR) is 78.6 cm³/mol. The number of amides is 1. The number of carbonyl (C=O) groups is 1. The van der Waals surface area contributed by atoms with E-state index in [1.807, 2.05) is 0 Å². The Morgan fingerprint density at radius 1 is 1.38 bits per heavy atom. The molecule has 21 heavy (non-hydrogen) atoms. The number of methoxy groups -OCH3 is 1. The van der Waals surface area contributed by atoms with E-state index in [-0.39, 0.29) is 5.91 Å². The molecule has 0 unspecified atom stereocenters. The molecule has 110 valence electrons. The molecule has 1 amide bonds. The van der Waals surface area contributed by atoms with Gasteiger partial charge in [0, 0.05) is 11.1 Å². The number of aryl methyl sites for hydroxylation is 1. The molecule has 1 heterocycles. The Labute approximate surface area is 123 Å². The van der Waals surface area contributed by atoms with Crippen molar-refractivity contribution in [2.75, 3.05) is 12.4 Å². The van der Waals surface area contributed by atoms with E-state index in [1.165, 1.54) is 0 Å². The van der Waals surface area contributed by atoms with Crippen molar-refractivity contribution in [1.29, 1.82) is 0 Å². The number of benzene rings is 1. The van der Waals surface area contributed by atoms with Crippen molar-refractivity contribution in [2.24, 2.45) is 5.92 Å². The topological polar surface area (TPSA) is 64.4 Å². The lowest BCUT2D eigenvalue weighted by Crippen LogP contribution is -2.15. The summed E-state index contributed by atoms with van der Waals surface area (Å²) in [6.07, 6.45) is 2.93. The summed E-state index contributed by atoms with van der Waals surface area (Å²) in [7, 11) is 1.59. The molecule has 0 spiro atoms. The minimum absolute atomic E-state index is 0.199. The normalized spacial score (nSPS) is 17.1. The van der Waals surface area contributed by atoms with Gasteiger partial charge in [-0.1, -0.05) is 12.1 Å². The summed E-state index contributed by atoms with van der Waals surface area (Å²) in [5, 5.41) is 6.87. The molecule has 1 N–H and O–H groups in total. The molecule has 0 bridgehead atoms. The Morgan fingerprint density at radius 3 is 2.86 bits per heavy atom. The van der Waals surface area contributed by atoms with Crippen LogP contribution in [-0.4, -0.2) is 18.2 Å². The van der Waals surface area contributed by atoms with Gasteiger partial charge in [0.25, 0.3) is 5.91 Å². The number of fused-ring (bicyclic) bond motifs is 1. The van der Waals surface area contributed by atoms with Crippen LogP contribution < -0.4 is 10.1 Å². The number of rotatable bonds is 3. The van der Waals surface area contributed by atoms with Crippen LogP contribution in [0.3, 0.4) is 0 Å². The first kappa shape index (κ1) is 13.7. The maximum absolute atomic E-state index is 12.2. The minimum Gasteiger partial charge on any atom is -0.497 e. The summed E-state index contributed by atoms with van der Waals surface area (Å²) in [6, 6.07) is 6.96. The van der Waals surface area contributed by atoms with Crippen LogP contribution >= 0.6 is 0 Å². The van der Waals surface area contributed by atoms with Crippen molar-refractivity contribution in [3.63, 3.8) is 0 Å². The highest BCUT2D eigenvalue weighted by atomic mass is 16.5. The Hall–Kier alpha value is -2.30. The molecule has 0 aliphatic heterocycles. The zero-order valence-corrected chi connectivity index (χ0v) is 12.2. The van der Waals surface area contributed by atoms with Crippen LogP contribution in [0, 0.1) is 5.92 Å². The van der Waals surface area contributed by atoms with Gasteiger partial charge in [-0.05, 0) is 49.4 Å². The summed E-state index contributed by atoms with van der Waals surface area (Å²) < 4.78 is 10.4. The van der Waals surface area contributed by atoms with Gasteiger partial charge in [-0.3, -0.25) is 10.1 Å². The summed E-state index contributed by atoms with van der Waals surface area (Å²) in [4.78, 5) is 12.2. The number of nitrogens with zero attached hydrogens (tertiary/aromatic N) is 1. The molecule has 0 fully saturated rings. The number of hydrogen-bond acceptors (Lipinski definition) is 4. The maximum Gasteiger partial charge on any atom is 0.258 e. The molecule has 5 nitrogen and oxygen atoms in total. The second-order valence-corrected chi connectivity index (χ2v) is 5.47. The Bertz CT molecular complexity index is 646. The number of hydrogen-bond donors (Lipinski definition) is 1. The third kappa shape index (κ3) is 2.77. The summed E-state index contributed by atoms with van der Waals surface area (Å²) in [6.45, 7) is 2.20. The fourth-order valence-electron chi connectivity index (χ4n) is 2.60. The van der Waals surface area contributed by atoms with Crippen LogP contribution in [0.25, 0.3) is 0 Å². The molecule has 2 aromatic rings. The van der Waals surface area contributed by atoms with E-state index in [0.717, 1.165) is 36.3 Å². The average Bonchev–Trinajstić information content (AvgIpc) is 2.89. The van der Waals surface area contributed by atoms with E-state index in [4.69, 9.17) is 9.26 Å². The molecule has 1 atom stereocenters. The van der Waals surface area contributed by atoms with E-state index in [1.54, 1.807) is 31.4 Å². The first-order valence-electron chi connectivity index (χ1n) is 7.10. The first-order valence-corrected chi connectivity index (χ1v) is 7.10.